The molecule has 2 N–H and O–H groups in total. The highest BCUT2D eigenvalue weighted by atomic mass is 16.5. The quantitative estimate of drug-likeness (QED) is 0.751. The Bertz CT molecular complexity index is 332. The molecular weight excluding hydrogens is 254 g/mol. The first kappa shape index (κ1) is 15.3. The van der Waals surface area contributed by atoms with Crippen LogP contribution >= 0.6 is 0 Å². The molecule has 20 heavy (non-hydrogen) atoms. The Kier molecular flexibility index (Phi) is 5.86. The summed E-state index contributed by atoms with van der Waals surface area (Å²) >= 11 is 0. The highest BCUT2D eigenvalue weighted by Crippen LogP contribution is 2.12. The number of carbonyl (C=O) groups excluding carboxylic acids is 1. The van der Waals surface area contributed by atoms with E-state index in [4.69, 9.17) is 4.74 Å². The standard InChI is InChI=1S/C15H27N3O2/c1-12(2)11-18-7-5-13(6-8-18)17-15(19)16-10-14-4-3-9-20-14/h13-14H,1,3-11H2,2H3,(H2,16,17,19)/t14-/m0/s1. The van der Waals surface area contributed by atoms with Crippen LogP contribution in [0.2, 0.25) is 0 Å². The Hall–Kier alpha value is -1.07. The molecule has 0 radical (unpaired) electrons. The summed E-state index contributed by atoms with van der Waals surface area (Å²) in [5.41, 5.74) is 1.20. The first-order chi connectivity index (χ1) is 9.63. The van der Waals surface area contributed by atoms with Gasteiger partial charge < -0.3 is 15.4 Å². The molecule has 2 fully saturated rings. The van der Waals surface area contributed by atoms with Crippen LogP contribution in [0, 0.1) is 0 Å². The number of urea groups is 1. The fraction of sp³-hybridized carbons (Fsp3) is 0.800. The molecule has 2 saturated heterocycles. The van der Waals surface area contributed by atoms with Crippen LogP contribution in [0.25, 0.3) is 0 Å². The third-order valence-corrected chi connectivity index (χ3v) is 3.93. The van der Waals surface area contributed by atoms with Crippen LogP contribution < -0.4 is 10.6 Å². The van der Waals surface area contributed by atoms with Crippen molar-refractivity contribution in [2.24, 2.45) is 0 Å². The van der Waals surface area contributed by atoms with Gasteiger partial charge in [-0.15, -0.1) is 0 Å². The van der Waals surface area contributed by atoms with Crippen LogP contribution in [0.1, 0.15) is 32.6 Å². The van der Waals surface area contributed by atoms with Crippen molar-refractivity contribution >= 4 is 6.03 Å². The first-order valence-corrected chi connectivity index (χ1v) is 7.66. The van der Waals surface area contributed by atoms with Crippen molar-refractivity contribution in [2.75, 3.05) is 32.8 Å². The third-order valence-electron chi connectivity index (χ3n) is 3.93. The number of carbonyl (C=O) groups is 1. The molecule has 2 aliphatic heterocycles. The number of nitrogens with one attached hydrogen (secondary N) is 2. The lowest BCUT2D eigenvalue weighted by molar-refractivity contribution is 0.111. The zero-order chi connectivity index (χ0) is 14.4. The summed E-state index contributed by atoms with van der Waals surface area (Å²) in [5.74, 6) is 0. The summed E-state index contributed by atoms with van der Waals surface area (Å²) in [6.07, 6.45) is 4.40. The molecular formula is C15H27N3O2. The van der Waals surface area contributed by atoms with Gasteiger partial charge in [0.1, 0.15) is 0 Å². The van der Waals surface area contributed by atoms with E-state index in [-0.39, 0.29) is 12.1 Å². The van der Waals surface area contributed by atoms with E-state index in [1.54, 1.807) is 0 Å². The van der Waals surface area contributed by atoms with Gasteiger partial charge in [0.15, 0.2) is 0 Å². The predicted octanol–water partition coefficient (Wildman–Crippen LogP) is 1.51. The molecule has 0 spiro atoms. The third kappa shape index (κ3) is 5.13. The van der Waals surface area contributed by atoms with Gasteiger partial charge in [-0.05, 0) is 32.6 Å². The van der Waals surface area contributed by atoms with Gasteiger partial charge in [-0.25, -0.2) is 4.79 Å². The van der Waals surface area contributed by atoms with E-state index >= 15 is 0 Å². The highest BCUT2D eigenvalue weighted by molar-refractivity contribution is 5.74. The van der Waals surface area contributed by atoms with Gasteiger partial charge in [0.05, 0.1) is 6.10 Å². The van der Waals surface area contributed by atoms with E-state index in [2.05, 4.69) is 29.0 Å². The lowest BCUT2D eigenvalue weighted by Crippen LogP contribution is -2.49. The van der Waals surface area contributed by atoms with E-state index < -0.39 is 0 Å². The SMILES string of the molecule is C=C(C)CN1CCC(NC(=O)NC[C@@H]2CCCO2)CC1. The van der Waals surface area contributed by atoms with Gasteiger partial charge in [-0.1, -0.05) is 12.2 Å². The van der Waals surface area contributed by atoms with E-state index in [0.717, 1.165) is 51.9 Å². The van der Waals surface area contributed by atoms with Crippen LogP contribution in [0.3, 0.4) is 0 Å². The zero-order valence-electron chi connectivity index (χ0n) is 12.5. The van der Waals surface area contributed by atoms with Gasteiger partial charge in [-0.3, -0.25) is 4.90 Å². The Labute approximate surface area is 121 Å². The molecule has 0 aromatic heterocycles. The summed E-state index contributed by atoms with van der Waals surface area (Å²) in [5, 5.41) is 5.97. The van der Waals surface area contributed by atoms with Crippen LogP contribution in [-0.4, -0.2) is 55.9 Å². The first-order valence-electron chi connectivity index (χ1n) is 7.66. The van der Waals surface area contributed by atoms with Gasteiger partial charge in [0, 0.05) is 38.8 Å². The second-order valence-electron chi connectivity index (χ2n) is 6.00. The van der Waals surface area contributed by atoms with Gasteiger partial charge in [-0.2, -0.15) is 0 Å². The molecule has 2 heterocycles. The summed E-state index contributed by atoms with van der Waals surface area (Å²) in [4.78, 5) is 14.2. The molecule has 1 atom stereocenters. The maximum atomic E-state index is 11.8. The molecule has 5 nitrogen and oxygen atoms in total. The maximum Gasteiger partial charge on any atom is 0.315 e. The fourth-order valence-corrected chi connectivity index (χ4v) is 2.87. The molecule has 0 aromatic carbocycles. The fourth-order valence-electron chi connectivity index (χ4n) is 2.87. The Morgan fingerprint density at radius 2 is 2.10 bits per heavy atom. The average Bonchev–Trinajstić information content (AvgIpc) is 2.91. The van der Waals surface area contributed by atoms with E-state index in [9.17, 15) is 4.79 Å². The predicted molar refractivity (Wildman–Crippen MR) is 79.8 cm³/mol. The summed E-state index contributed by atoms with van der Waals surface area (Å²) < 4.78 is 5.49. The van der Waals surface area contributed by atoms with Gasteiger partial charge >= 0.3 is 6.03 Å². The number of hydrogen-bond donors (Lipinski definition) is 2. The second kappa shape index (κ2) is 7.64. The van der Waals surface area contributed by atoms with Crippen molar-refractivity contribution in [2.45, 2.75) is 44.8 Å². The van der Waals surface area contributed by atoms with Gasteiger partial charge in [0.25, 0.3) is 0 Å². The minimum Gasteiger partial charge on any atom is -0.376 e. The number of likely N-dealkylation sites (tertiary alicyclic amines) is 1. The van der Waals surface area contributed by atoms with Crippen molar-refractivity contribution in [1.82, 2.24) is 15.5 Å². The van der Waals surface area contributed by atoms with E-state index in [0.29, 0.717) is 12.6 Å². The second-order valence-corrected chi connectivity index (χ2v) is 6.00. The van der Waals surface area contributed by atoms with Crippen LogP contribution in [0.5, 0.6) is 0 Å². The number of amides is 2. The lowest BCUT2D eigenvalue weighted by Gasteiger charge is -2.32. The molecule has 0 unspecified atom stereocenters. The molecule has 2 amide bonds. The van der Waals surface area contributed by atoms with Gasteiger partial charge in [0.2, 0.25) is 0 Å². The summed E-state index contributed by atoms with van der Waals surface area (Å²) in [6, 6.07) is 0.236. The topological polar surface area (TPSA) is 53.6 Å². The molecule has 5 heteroatoms. The highest BCUT2D eigenvalue weighted by Gasteiger charge is 2.21. The average molecular weight is 281 g/mol. The summed E-state index contributed by atoms with van der Waals surface area (Å²) in [7, 11) is 0. The number of rotatable bonds is 5. The smallest absolute Gasteiger partial charge is 0.315 e. The Morgan fingerprint density at radius 1 is 1.35 bits per heavy atom. The van der Waals surface area contributed by atoms with Crippen molar-refractivity contribution in [3.05, 3.63) is 12.2 Å². The largest absolute Gasteiger partial charge is 0.376 e. The number of ether oxygens (including phenoxy) is 1. The normalized spacial score (nSPS) is 24.6. The van der Waals surface area contributed by atoms with Crippen molar-refractivity contribution in [1.29, 1.82) is 0 Å². The van der Waals surface area contributed by atoms with Crippen LogP contribution in [0.4, 0.5) is 4.79 Å². The van der Waals surface area contributed by atoms with Crippen molar-refractivity contribution in [3.8, 4) is 0 Å². The molecule has 0 aliphatic carbocycles. The van der Waals surface area contributed by atoms with Crippen molar-refractivity contribution in [3.63, 3.8) is 0 Å². The van der Waals surface area contributed by atoms with Crippen LogP contribution in [0.15, 0.2) is 12.2 Å². The zero-order valence-corrected chi connectivity index (χ0v) is 12.5. The molecule has 0 saturated carbocycles. The molecule has 0 aromatic rings. The minimum absolute atomic E-state index is 0.0566. The number of hydrogen-bond acceptors (Lipinski definition) is 3. The Morgan fingerprint density at radius 3 is 2.70 bits per heavy atom. The monoisotopic (exact) mass is 281 g/mol. The maximum absolute atomic E-state index is 11.8. The molecule has 2 rings (SSSR count). The van der Waals surface area contributed by atoms with Crippen molar-refractivity contribution < 1.29 is 9.53 Å². The molecule has 2 aliphatic rings. The lowest BCUT2D eigenvalue weighted by atomic mass is 10.0. The minimum atomic E-state index is -0.0566. The summed E-state index contributed by atoms with van der Waals surface area (Å²) in [6.45, 7) is 10.5. The van der Waals surface area contributed by atoms with E-state index in [1.165, 1.54) is 5.57 Å². The van der Waals surface area contributed by atoms with Crippen LogP contribution in [-0.2, 0) is 4.74 Å². The molecule has 0 bridgehead atoms. The molecule has 114 valence electrons. The Balaban J connectivity index is 1.59. The number of nitrogens with zero attached hydrogens (tertiary/aromatic N) is 1. The van der Waals surface area contributed by atoms with E-state index in [1.807, 2.05) is 0 Å². The number of piperidine rings is 1.